The van der Waals surface area contributed by atoms with Gasteiger partial charge in [-0.1, -0.05) is 48.0 Å². The van der Waals surface area contributed by atoms with Crippen LogP contribution in [0, 0.1) is 0 Å². The van der Waals surface area contributed by atoms with E-state index in [1.165, 1.54) is 29.5 Å². The van der Waals surface area contributed by atoms with E-state index < -0.39 is 0 Å². The van der Waals surface area contributed by atoms with Crippen molar-refractivity contribution in [2.24, 2.45) is 0 Å². The third-order valence-electron chi connectivity index (χ3n) is 4.11. The van der Waals surface area contributed by atoms with Crippen molar-refractivity contribution in [3.05, 3.63) is 70.2 Å². The van der Waals surface area contributed by atoms with E-state index in [-0.39, 0.29) is 12.4 Å². The molecule has 1 nitrogen and oxygen atoms in total. The quantitative estimate of drug-likeness (QED) is 0.828. The zero-order valence-electron chi connectivity index (χ0n) is 11.5. The Morgan fingerprint density at radius 1 is 0.950 bits per heavy atom. The van der Waals surface area contributed by atoms with Gasteiger partial charge in [-0.2, -0.15) is 0 Å². The summed E-state index contributed by atoms with van der Waals surface area (Å²) in [6, 6.07) is 17.6. The highest BCUT2D eigenvalue weighted by Gasteiger charge is 2.26. The lowest BCUT2D eigenvalue weighted by Gasteiger charge is -2.31. The minimum absolute atomic E-state index is 0. The summed E-state index contributed by atoms with van der Waals surface area (Å²) >= 11 is 5.99. The summed E-state index contributed by atoms with van der Waals surface area (Å²) in [6.07, 6.45) is 2.37. The molecule has 20 heavy (non-hydrogen) atoms. The van der Waals surface area contributed by atoms with Gasteiger partial charge in [0, 0.05) is 17.0 Å². The van der Waals surface area contributed by atoms with E-state index in [2.05, 4.69) is 41.7 Å². The van der Waals surface area contributed by atoms with Crippen LogP contribution in [0.5, 0.6) is 0 Å². The molecule has 106 valence electrons. The van der Waals surface area contributed by atoms with Crippen LogP contribution in [0.3, 0.4) is 0 Å². The smallest absolute Gasteiger partial charge is 0.0406 e. The zero-order valence-corrected chi connectivity index (χ0v) is 13.0. The maximum absolute atomic E-state index is 5.99. The van der Waals surface area contributed by atoms with Gasteiger partial charge in [-0.25, -0.2) is 0 Å². The van der Waals surface area contributed by atoms with Crippen molar-refractivity contribution in [2.75, 3.05) is 7.05 Å². The van der Waals surface area contributed by atoms with Crippen LogP contribution in [0.15, 0.2) is 48.5 Å². The summed E-state index contributed by atoms with van der Waals surface area (Å²) in [7, 11) is 2.05. The highest BCUT2D eigenvalue weighted by Crippen LogP contribution is 2.41. The molecule has 3 heteroatoms. The lowest BCUT2D eigenvalue weighted by Crippen LogP contribution is -2.24. The Labute approximate surface area is 131 Å². The standard InChI is InChI=1S/C17H18ClN.ClH/c1-19-17-11-10-14(12-6-8-13(18)9-7-12)15-4-2-3-5-16(15)17;/h2-9,14,17,19H,10-11H2,1H3;1H/t14-,17+;/m1./s1. The topological polar surface area (TPSA) is 12.0 Å². The van der Waals surface area contributed by atoms with Gasteiger partial charge in [0.25, 0.3) is 0 Å². The molecule has 0 unspecified atom stereocenters. The van der Waals surface area contributed by atoms with Crippen LogP contribution >= 0.6 is 24.0 Å². The van der Waals surface area contributed by atoms with Crippen molar-refractivity contribution in [2.45, 2.75) is 24.8 Å². The van der Waals surface area contributed by atoms with Gasteiger partial charge in [-0.3, -0.25) is 0 Å². The fraction of sp³-hybridized carbons (Fsp3) is 0.294. The first-order valence-corrected chi connectivity index (χ1v) is 7.19. The Morgan fingerprint density at radius 2 is 1.60 bits per heavy atom. The van der Waals surface area contributed by atoms with Crippen LogP contribution in [-0.4, -0.2) is 7.05 Å². The number of hydrogen-bond acceptors (Lipinski definition) is 1. The predicted molar refractivity (Wildman–Crippen MR) is 88.0 cm³/mol. The fourth-order valence-electron chi connectivity index (χ4n) is 3.13. The average molecular weight is 308 g/mol. The summed E-state index contributed by atoms with van der Waals surface area (Å²) in [4.78, 5) is 0. The molecule has 1 aliphatic carbocycles. The molecule has 3 rings (SSSR count). The number of fused-ring (bicyclic) bond motifs is 1. The SMILES string of the molecule is CN[C@H]1CC[C@H](c2ccc(Cl)cc2)c2ccccc21.Cl. The molecule has 0 saturated carbocycles. The summed E-state index contributed by atoms with van der Waals surface area (Å²) in [6.45, 7) is 0. The molecule has 1 N–H and O–H groups in total. The number of hydrogen-bond donors (Lipinski definition) is 1. The summed E-state index contributed by atoms with van der Waals surface area (Å²) in [5, 5.41) is 4.23. The van der Waals surface area contributed by atoms with Crippen LogP contribution in [-0.2, 0) is 0 Å². The van der Waals surface area contributed by atoms with Crippen LogP contribution in [0.1, 0.15) is 41.5 Å². The maximum atomic E-state index is 5.99. The lowest BCUT2D eigenvalue weighted by atomic mass is 9.77. The molecule has 2 aromatic rings. The predicted octanol–water partition coefficient (Wildman–Crippen LogP) is 4.95. The third kappa shape index (κ3) is 2.85. The van der Waals surface area contributed by atoms with Gasteiger partial charge in [0.1, 0.15) is 0 Å². The molecule has 0 aromatic heterocycles. The monoisotopic (exact) mass is 307 g/mol. The average Bonchev–Trinajstić information content (AvgIpc) is 2.47. The first kappa shape index (κ1) is 15.4. The zero-order chi connectivity index (χ0) is 13.2. The Hall–Kier alpha value is -1.02. The number of benzene rings is 2. The van der Waals surface area contributed by atoms with Gasteiger partial charge >= 0.3 is 0 Å². The van der Waals surface area contributed by atoms with E-state index in [1.54, 1.807) is 0 Å². The van der Waals surface area contributed by atoms with Gasteiger partial charge in [0.2, 0.25) is 0 Å². The maximum Gasteiger partial charge on any atom is 0.0406 e. The highest BCUT2D eigenvalue weighted by molar-refractivity contribution is 6.30. The van der Waals surface area contributed by atoms with E-state index in [0.29, 0.717) is 12.0 Å². The van der Waals surface area contributed by atoms with Crippen molar-refractivity contribution in [3.8, 4) is 0 Å². The van der Waals surface area contributed by atoms with Gasteiger partial charge in [0.05, 0.1) is 0 Å². The van der Waals surface area contributed by atoms with E-state index in [1.807, 2.05) is 19.2 Å². The molecule has 0 heterocycles. The first-order valence-electron chi connectivity index (χ1n) is 6.81. The van der Waals surface area contributed by atoms with E-state index in [9.17, 15) is 0 Å². The second-order valence-corrected chi connectivity index (χ2v) is 5.59. The highest BCUT2D eigenvalue weighted by atomic mass is 35.5. The molecule has 0 saturated heterocycles. The molecule has 0 spiro atoms. The largest absolute Gasteiger partial charge is 0.313 e. The van der Waals surface area contributed by atoms with Crippen LogP contribution in [0.2, 0.25) is 5.02 Å². The number of rotatable bonds is 2. The van der Waals surface area contributed by atoms with Crippen molar-refractivity contribution in [3.63, 3.8) is 0 Å². The second kappa shape index (κ2) is 6.62. The number of halogens is 2. The summed E-state index contributed by atoms with van der Waals surface area (Å²) in [5.74, 6) is 0.498. The molecule has 1 aliphatic rings. The van der Waals surface area contributed by atoms with E-state index in [4.69, 9.17) is 11.6 Å². The minimum atomic E-state index is 0. The van der Waals surface area contributed by atoms with Crippen LogP contribution < -0.4 is 5.32 Å². The first-order chi connectivity index (χ1) is 9.29. The van der Waals surface area contributed by atoms with Crippen molar-refractivity contribution in [1.29, 1.82) is 0 Å². The Kier molecular flexibility index (Phi) is 5.09. The van der Waals surface area contributed by atoms with Gasteiger partial charge in [-0.15, -0.1) is 12.4 Å². The van der Waals surface area contributed by atoms with Crippen molar-refractivity contribution < 1.29 is 0 Å². The van der Waals surface area contributed by atoms with Crippen LogP contribution in [0.25, 0.3) is 0 Å². The normalized spacial score (nSPS) is 20.9. The van der Waals surface area contributed by atoms with Gasteiger partial charge in [-0.05, 0) is 48.7 Å². The third-order valence-corrected chi connectivity index (χ3v) is 4.36. The van der Waals surface area contributed by atoms with Crippen molar-refractivity contribution >= 4 is 24.0 Å². The van der Waals surface area contributed by atoms with E-state index >= 15 is 0 Å². The van der Waals surface area contributed by atoms with Crippen molar-refractivity contribution in [1.82, 2.24) is 5.32 Å². The molecule has 0 radical (unpaired) electrons. The molecule has 2 atom stereocenters. The summed E-state index contributed by atoms with van der Waals surface area (Å²) < 4.78 is 0. The Bertz CT molecular complexity index is 565. The van der Waals surface area contributed by atoms with Crippen LogP contribution in [0.4, 0.5) is 0 Å². The van der Waals surface area contributed by atoms with Gasteiger partial charge < -0.3 is 5.32 Å². The molecule has 0 aliphatic heterocycles. The Morgan fingerprint density at radius 3 is 2.25 bits per heavy atom. The summed E-state index contributed by atoms with van der Waals surface area (Å²) in [5.41, 5.74) is 4.26. The molecule has 2 aromatic carbocycles. The number of nitrogens with one attached hydrogen (secondary N) is 1. The molecule has 0 fully saturated rings. The second-order valence-electron chi connectivity index (χ2n) is 5.15. The Balaban J connectivity index is 0.00000147. The molecule has 0 amide bonds. The molecular formula is C17H19Cl2N. The lowest BCUT2D eigenvalue weighted by molar-refractivity contribution is 0.471. The fourth-order valence-corrected chi connectivity index (χ4v) is 3.26. The minimum Gasteiger partial charge on any atom is -0.313 e. The molecule has 0 bridgehead atoms. The molecular weight excluding hydrogens is 289 g/mol. The van der Waals surface area contributed by atoms with E-state index in [0.717, 1.165) is 5.02 Å². The van der Waals surface area contributed by atoms with Gasteiger partial charge in [0.15, 0.2) is 0 Å².